The molecule has 0 unspecified atom stereocenters. The molecule has 70 valence electrons. The predicted octanol–water partition coefficient (Wildman–Crippen LogP) is 2.77. The van der Waals surface area contributed by atoms with Gasteiger partial charge in [-0.25, -0.2) is 0 Å². The third-order valence-electron chi connectivity index (χ3n) is 1.50. The van der Waals surface area contributed by atoms with Gasteiger partial charge in [-0.05, 0) is 40.8 Å². The second-order valence-corrected chi connectivity index (χ2v) is 4.08. The first-order valence-corrected chi connectivity index (χ1v) is 5.08. The van der Waals surface area contributed by atoms with E-state index in [1.54, 1.807) is 12.1 Å². The second kappa shape index (κ2) is 4.93. The summed E-state index contributed by atoms with van der Waals surface area (Å²) >= 11 is 7.86. The normalized spacial score (nSPS) is 10.1. The number of benzene rings is 1. The molecular formula is C9H8ClIO2. The zero-order valence-corrected chi connectivity index (χ0v) is 9.93. The average molecular weight is 311 g/mol. The fourth-order valence-electron chi connectivity index (χ4n) is 0.920. The number of carbonyl (C=O) groups excluding carboxylic acids is 1. The van der Waals surface area contributed by atoms with Gasteiger partial charge in [0.15, 0.2) is 5.78 Å². The highest BCUT2D eigenvalue weighted by molar-refractivity contribution is 14.1. The van der Waals surface area contributed by atoms with E-state index in [0.29, 0.717) is 10.6 Å². The summed E-state index contributed by atoms with van der Waals surface area (Å²) in [6.07, 6.45) is 0. The smallest absolute Gasteiger partial charge is 0.189 e. The summed E-state index contributed by atoms with van der Waals surface area (Å²) in [4.78, 5) is 11.4. The summed E-state index contributed by atoms with van der Waals surface area (Å²) in [6, 6.07) is 5.23. The lowest BCUT2D eigenvalue weighted by Gasteiger charge is -2.02. The lowest BCUT2D eigenvalue weighted by atomic mass is 10.1. The van der Waals surface area contributed by atoms with E-state index in [9.17, 15) is 4.79 Å². The van der Waals surface area contributed by atoms with Crippen LogP contribution in [0.15, 0.2) is 18.2 Å². The number of carbonyl (C=O) groups is 1. The highest BCUT2D eigenvalue weighted by Gasteiger charge is 2.09. The SMILES string of the molecule is COCC(=O)c1cc(Cl)ccc1I. The van der Waals surface area contributed by atoms with Crippen molar-refractivity contribution in [3.63, 3.8) is 0 Å². The Labute approximate surface area is 95.4 Å². The summed E-state index contributed by atoms with van der Waals surface area (Å²) in [7, 11) is 1.50. The molecule has 0 fully saturated rings. The van der Waals surface area contributed by atoms with Crippen LogP contribution < -0.4 is 0 Å². The van der Waals surface area contributed by atoms with Gasteiger partial charge in [0, 0.05) is 21.3 Å². The first-order valence-electron chi connectivity index (χ1n) is 3.62. The molecule has 0 aliphatic heterocycles. The number of hydrogen-bond donors (Lipinski definition) is 0. The largest absolute Gasteiger partial charge is 0.377 e. The van der Waals surface area contributed by atoms with Crippen LogP contribution in [-0.2, 0) is 4.74 Å². The van der Waals surface area contributed by atoms with Crippen molar-refractivity contribution >= 4 is 40.0 Å². The van der Waals surface area contributed by atoms with Crippen molar-refractivity contribution in [2.75, 3.05) is 13.7 Å². The highest BCUT2D eigenvalue weighted by atomic mass is 127. The van der Waals surface area contributed by atoms with E-state index >= 15 is 0 Å². The molecule has 0 saturated heterocycles. The van der Waals surface area contributed by atoms with E-state index < -0.39 is 0 Å². The van der Waals surface area contributed by atoms with Gasteiger partial charge in [0.25, 0.3) is 0 Å². The van der Waals surface area contributed by atoms with E-state index in [2.05, 4.69) is 22.6 Å². The Morgan fingerprint density at radius 3 is 2.92 bits per heavy atom. The first kappa shape index (κ1) is 10.9. The Bertz CT molecular complexity index is 325. The Morgan fingerprint density at radius 1 is 1.62 bits per heavy atom. The molecule has 1 aromatic carbocycles. The van der Waals surface area contributed by atoms with Crippen LogP contribution in [0.2, 0.25) is 5.02 Å². The fourth-order valence-corrected chi connectivity index (χ4v) is 1.73. The van der Waals surface area contributed by atoms with Crippen molar-refractivity contribution in [3.05, 3.63) is 32.4 Å². The van der Waals surface area contributed by atoms with Gasteiger partial charge in [-0.2, -0.15) is 0 Å². The molecule has 0 N–H and O–H groups in total. The molecule has 0 bridgehead atoms. The maximum Gasteiger partial charge on any atom is 0.189 e. The number of hydrogen-bond acceptors (Lipinski definition) is 2. The van der Waals surface area contributed by atoms with E-state index in [1.807, 2.05) is 6.07 Å². The van der Waals surface area contributed by atoms with E-state index in [-0.39, 0.29) is 12.4 Å². The molecule has 0 amide bonds. The molecule has 2 nitrogen and oxygen atoms in total. The third-order valence-corrected chi connectivity index (χ3v) is 2.68. The zero-order chi connectivity index (χ0) is 9.84. The first-order chi connectivity index (χ1) is 6.15. The molecule has 0 heterocycles. The Balaban J connectivity index is 2.99. The predicted molar refractivity (Wildman–Crippen MR) is 60.4 cm³/mol. The number of halogens is 2. The number of rotatable bonds is 3. The highest BCUT2D eigenvalue weighted by Crippen LogP contribution is 2.18. The van der Waals surface area contributed by atoms with Crippen LogP contribution in [0.4, 0.5) is 0 Å². The van der Waals surface area contributed by atoms with Crippen LogP contribution in [0.3, 0.4) is 0 Å². The van der Waals surface area contributed by atoms with Gasteiger partial charge in [0.1, 0.15) is 6.61 Å². The van der Waals surface area contributed by atoms with Crippen molar-refractivity contribution in [2.24, 2.45) is 0 Å². The monoisotopic (exact) mass is 310 g/mol. The summed E-state index contributed by atoms with van der Waals surface area (Å²) < 4.78 is 5.65. The summed E-state index contributed by atoms with van der Waals surface area (Å²) in [6.45, 7) is 0.0936. The van der Waals surface area contributed by atoms with Crippen LogP contribution in [0.25, 0.3) is 0 Å². The molecule has 1 aromatic rings. The van der Waals surface area contributed by atoms with E-state index in [4.69, 9.17) is 16.3 Å². The Hall–Kier alpha value is -0.130. The molecule has 0 saturated carbocycles. The average Bonchev–Trinajstić information content (AvgIpc) is 2.09. The lowest BCUT2D eigenvalue weighted by Crippen LogP contribution is -2.08. The molecule has 0 atom stereocenters. The van der Waals surface area contributed by atoms with Crippen LogP contribution in [0, 0.1) is 3.57 Å². The second-order valence-electron chi connectivity index (χ2n) is 2.48. The third kappa shape index (κ3) is 2.93. The number of Topliss-reactive ketones (excluding diaryl/α,β-unsaturated/α-hetero) is 1. The molecule has 0 aliphatic rings. The van der Waals surface area contributed by atoms with Crippen LogP contribution >= 0.6 is 34.2 Å². The number of ketones is 1. The molecule has 0 radical (unpaired) electrons. The molecule has 0 spiro atoms. The number of methoxy groups -OCH3 is 1. The zero-order valence-electron chi connectivity index (χ0n) is 7.01. The van der Waals surface area contributed by atoms with Gasteiger partial charge in [0.05, 0.1) is 0 Å². The lowest BCUT2D eigenvalue weighted by molar-refractivity contribution is 0.0847. The standard InChI is InChI=1S/C9H8ClIO2/c1-13-5-9(12)7-4-6(10)2-3-8(7)11/h2-4H,5H2,1H3. The molecule has 4 heteroatoms. The molecule has 0 aromatic heterocycles. The Kier molecular flexibility index (Phi) is 4.15. The Morgan fingerprint density at radius 2 is 2.31 bits per heavy atom. The topological polar surface area (TPSA) is 26.3 Å². The van der Waals surface area contributed by atoms with Gasteiger partial charge < -0.3 is 4.74 Å². The van der Waals surface area contributed by atoms with E-state index in [1.165, 1.54) is 7.11 Å². The summed E-state index contributed by atoms with van der Waals surface area (Å²) in [5.41, 5.74) is 0.620. The van der Waals surface area contributed by atoms with Gasteiger partial charge in [-0.3, -0.25) is 4.79 Å². The van der Waals surface area contributed by atoms with Crippen LogP contribution in [0.1, 0.15) is 10.4 Å². The van der Waals surface area contributed by atoms with Crippen molar-refractivity contribution in [3.8, 4) is 0 Å². The number of ether oxygens (including phenoxy) is 1. The molecular weight excluding hydrogens is 302 g/mol. The minimum absolute atomic E-state index is 0.0469. The molecule has 1 rings (SSSR count). The van der Waals surface area contributed by atoms with Crippen molar-refractivity contribution in [2.45, 2.75) is 0 Å². The van der Waals surface area contributed by atoms with Crippen molar-refractivity contribution < 1.29 is 9.53 Å². The molecule has 13 heavy (non-hydrogen) atoms. The minimum atomic E-state index is -0.0469. The minimum Gasteiger partial charge on any atom is -0.377 e. The quantitative estimate of drug-likeness (QED) is 0.634. The van der Waals surface area contributed by atoms with Gasteiger partial charge in [0.2, 0.25) is 0 Å². The molecule has 0 aliphatic carbocycles. The maximum atomic E-state index is 11.4. The van der Waals surface area contributed by atoms with Crippen molar-refractivity contribution in [1.82, 2.24) is 0 Å². The van der Waals surface area contributed by atoms with Crippen LogP contribution in [0.5, 0.6) is 0 Å². The van der Waals surface area contributed by atoms with Gasteiger partial charge in [-0.15, -0.1) is 0 Å². The van der Waals surface area contributed by atoms with Crippen molar-refractivity contribution in [1.29, 1.82) is 0 Å². The summed E-state index contributed by atoms with van der Waals surface area (Å²) in [5.74, 6) is -0.0469. The van der Waals surface area contributed by atoms with Crippen LogP contribution in [-0.4, -0.2) is 19.5 Å². The fraction of sp³-hybridized carbons (Fsp3) is 0.222. The summed E-state index contributed by atoms with van der Waals surface area (Å²) in [5, 5.41) is 0.569. The van der Waals surface area contributed by atoms with Gasteiger partial charge in [-0.1, -0.05) is 11.6 Å². The maximum absolute atomic E-state index is 11.4. The van der Waals surface area contributed by atoms with Gasteiger partial charge >= 0.3 is 0 Å². The van der Waals surface area contributed by atoms with E-state index in [0.717, 1.165) is 3.57 Å².